The maximum Gasteiger partial charge on any atom is 0.260 e. The van der Waals surface area contributed by atoms with E-state index in [1.54, 1.807) is 42.4 Å². The van der Waals surface area contributed by atoms with E-state index in [9.17, 15) is 9.59 Å². The predicted molar refractivity (Wildman–Crippen MR) is 145 cm³/mol. The summed E-state index contributed by atoms with van der Waals surface area (Å²) < 4.78 is 0. The molecule has 8 heteroatoms. The van der Waals surface area contributed by atoms with Gasteiger partial charge in [0.1, 0.15) is 5.54 Å². The maximum absolute atomic E-state index is 13.8. The first-order valence-corrected chi connectivity index (χ1v) is 12.7. The lowest BCUT2D eigenvalue weighted by Crippen LogP contribution is -2.44. The average molecular weight is 509 g/mol. The van der Waals surface area contributed by atoms with Crippen LogP contribution in [-0.4, -0.2) is 39.6 Å². The van der Waals surface area contributed by atoms with Crippen LogP contribution in [0.25, 0.3) is 0 Å². The zero-order valence-electron chi connectivity index (χ0n) is 21.9. The van der Waals surface area contributed by atoms with Crippen LogP contribution < -0.4 is 5.32 Å². The van der Waals surface area contributed by atoms with Crippen molar-refractivity contribution in [2.75, 3.05) is 7.05 Å². The van der Waals surface area contributed by atoms with Gasteiger partial charge in [-0.2, -0.15) is 5.26 Å². The Kier molecular flexibility index (Phi) is 7.87. The summed E-state index contributed by atoms with van der Waals surface area (Å²) in [6.45, 7) is 4.70. The Labute approximate surface area is 223 Å². The number of amides is 2. The number of hydrogen-bond acceptors (Lipinski definition) is 5. The quantitative estimate of drug-likeness (QED) is 0.444. The van der Waals surface area contributed by atoms with Crippen molar-refractivity contribution in [2.24, 2.45) is 5.92 Å². The standard InChI is InChI=1S/C30H32N6O2/c1-21(2)13-15-30(25-7-5-4-6-8-25)28(38)36(29(32)34-30)20-26-17-24(14-16-33-26)27(37)35(3)19-23-11-9-22(18-31)10-12-23/h4-12,14,16-17,21H,13,15,19-20H2,1-3H3,(H2,32,34). The topological polar surface area (TPSA) is 113 Å². The van der Waals surface area contributed by atoms with Gasteiger partial charge in [0.2, 0.25) is 0 Å². The van der Waals surface area contributed by atoms with Crippen molar-refractivity contribution in [2.45, 2.75) is 45.3 Å². The van der Waals surface area contributed by atoms with Crippen molar-refractivity contribution < 1.29 is 9.59 Å². The Balaban J connectivity index is 1.52. The SMILES string of the molecule is CC(C)CCC1(c2ccccc2)NC(=N)N(Cc2cc(C(=O)N(C)Cc3ccc(C#N)cc3)ccn2)C1=O. The highest BCUT2D eigenvalue weighted by atomic mass is 16.2. The molecule has 2 aromatic carbocycles. The van der Waals surface area contributed by atoms with E-state index in [-0.39, 0.29) is 24.3 Å². The number of carbonyl (C=O) groups excluding carboxylic acids is 2. The summed E-state index contributed by atoms with van der Waals surface area (Å²) in [5, 5.41) is 20.8. The normalized spacial score (nSPS) is 16.9. The number of pyridine rings is 1. The summed E-state index contributed by atoms with van der Waals surface area (Å²) in [6, 6.07) is 22.1. The Morgan fingerprint density at radius 1 is 1.16 bits per heavy atom. The fourth-order valence-corrected chi connectivity index (χ4v) is 4.65. The second-order valence-electron chi connectivity index (χ2n) is 10.1. The van der Waals surface area contributed by atoms with Crippen LogP contribution in [0.3, 0.4) is 0 Å². The molecule has 0 bridgehead atoms. The molecule has 1 aromatic heterocycles. The number of aromatic nitrogens is 1. The molecule has 2 amide bonds. The highest BCUT2D eigenvalue weighted by molar-refractivity contribution is 6.08. The smallest absolute Gasteiger partial charge is 0.260 e. The molecule has 1 unspecified atom stereocenters. The van der Waals surface area contributed by atoms with Crippen LogP contribution in [0, 0.1) is 22.7 Å². The summed E-state index contributed by atoms with van der Waals surface area (Å²) in [4.78, 5) is 34.4. The zero-order chi connectivity index (χ0) is 27.3. The fraction of sp³-hybridized carbons (Fsp3) is 0.300. The first-order valence-electron chi connectivity index (χ1n) is 12.7. The van der Waals surface area contributed by atoms with Gasteiger partial charge in [0.25, 0.3) is 11.8 Å². The van der Waals surface area contributed by atoms with Crippen LogP contribution >= 0.6 is 0 Å². The summed E-state index contributed by atoms with van der Waals surface area (Å²) in [6.07, 6.45) is 2.94. The monoisotopic (exact) mass is 508 g/mol. The Hall–Kier alpha value is -4.51. The van der Waals surface area contributed by atoms with E-state index in [1.807, 2.05) is 42.5 Å². The third-order valence-electron chi connectivity index (χ3n) is 6.81. The average Bonchev–Trinajstić information content (AvgIpc) is 3.17. The van der Waals surface area contributed by atoms with Gasteiger partial charge < -0.3 is 10.2 Å². The third kappa shape index (κ3) is 5.57. The van der Waals surface area contributed by atoms with Crippen molar-refractivity contribution in [1.29, 1.82) is 10.7 Å². The van der Waals surface area contributed by atoms with Crippen molar-refractivity contribution in [3.63, 3.8) is 0 Å². The van der Waals surface area contributed by atoms with E-state index in [1.165, 1.54) is 4.90 Å². The van der Waals surface area contributed by atoms with Crippen LogP contribution in [0.15, 0.2) is 72.9 Å². The second kappa shape index (κ2) is 11.3. The van der Waals surface area contributed by atoms with Gasteiger partial charge in [-0.1, -0.05) is 56.3 Å². The molecule has 4 rings (SSSR count). The minimum absolute atomic E-state index is 0.0269. The summed E-state index contributed by atoms with van der Waals surface area (Å²) in [5.74, 6) is 0.0541. The predicted octanol–water partition coefficient (Wildman–Crippen LogP) is 4.42. The van der Waals surface area contributed by atoms with Crippen molar-refractivity contribution >= 4 is 17.8 Å². The minimum atomic E-state index is -1.00. The molecule has 0 radical (unpaired) electrons. The highest BCUT2D eigenvalue weighted by Gasteiger charge is 2.50. The number of benzene rings is 2. The van der Waals surface area contributed by atoms with Gasteiger partial charge >= 0.3 is 0 Å². The number of hydrogen-bond donors (Lipinski definition) is 2. The Bertz CT molecular complexity index is 1360. The van der Waals surface area contributed by atoms with Gasteiger partial charge in [-0.15, -0.1) is 0 Å². The first-order chi connectivity index (χ1) is 18.2. The first kappa shape index (κ1) is 26.6. The molecule has 2 N–H and O–H groups in total. The molecule has 0 spiro atoms. The molecule has 38 heavy (non-hydrogen) atoms. The minimum Gasteiger partial charge on any atom is -0.338 e. The lowest BCUT2D eigenvalue weighted by Gasteiger charge is -2.28. The van der Waals surface area contributed by atoms with E-state index < -0.39 is 5.54 Å². The number of rotatable bonds is 9. The van der Waals surface area contributed by atoms with Gasteiger partial charge in [0, 0.05) is 25.4 Å². The zero-order valence-corrected chi connectivity index (χ0v) is 21.9. The van der Waals surface area contributed by atoms with E-state index in [4.69, 9.17) is 10.7 Å². The number of nitrogens with zero attached hydrogens (tertiary/aromatic N) is 4. The number of nitriles is 1. The second-order valence-corrected chi connectivity index (χ2v) is 10.1. The molecule has 8 nitrogen and oxygen atoms in total. The van der Waals surface area contributed by atoms with Crippen LogP contribution in [0.5, 0.6) is 0 Å². The van der Waals surface area contributed by atoms with E-state index in [0.29, 0.717) is 35.7 Å². The molecule has 194 valence electrons. The van der Waals surface area contributed by atoms with Crippen LogP contribution in [0.1, 0.15) is 59.4 Å². The summed E-state index contributed by atoms with van der Waals surface area (Å²) >= 11 is 0. The van der Waals surface area contributed by atoms with Crippen LogP contribution in [-0.2, 0) is 23.4 Å². The molecule has 0 saturated carbocycles. The molecule has 1 fully saturated rings. The van der Waals surface area contributed by atoms with Gasteiger partial charge in [-0.05, 0) is 54.2 Å². The Morgan fingerprint density at radius 2 is 1.87 bits per heavy atom. The Morgan fingerprint density at radius 3 is 2.53 bits per heavy atom. The molecule has 1 saturated heterocycles. The van der Waals surface area contributed by atoms with Gasteiger partial charge in [0.05, 0.1) is 23.9 Å². The number of carbonyl (C=O) groups is 2. The molecule has 0 aliphatic carbocycles. The highest BCUT2D eigenvalue weighted by Crippen LogP contribution is 2.35. The maximum atomic E-state index is 13.8. The molecule has 1 aliphatic rings. The molecule has 1 aliphatic heterocycles. The third-order valence-corrected chi connectivity index (χ3v) is 6.81. The number of nitrogens with one attached hydrogen (secondary N) is 2. The molecule has 1 atom stereocenters. The molecule has 3 aromatic rings. The summed E-state index contributed by atoms with van der Waals surface area (Å²) in [5.41, 5.74) is 2.28. The van der Waals surface area contributed by atoms with Crippen LogP contribution in [0.4, 0.5) is 0 Å². The van der Waals surface area contributed by atoms with E-state index >= 15 is 0 Å². The van der Waals surface area contributed by atoms with E-state index in [2.05, 4.69) is 30.2 Å². The molecular weight excluding hydrogens is 476 g/mol. The summed E-state index contributed by atoms with van der Waals surface area (Å²) in [7, 11) is 1.72. The number of guanidine groups is 1. The lowest BCUT2D eigenvalue weighted by molar-refractivity contribution is -0.132. The van der Waals surface area contributed by atoms with Gasteiger partial charge in [0.15, 0.2) is 5.96 Å². The van der Waals surface area contributed by atoms with Gasteiger partial charge in [-0.3, -0.25) is 24.9 Å². The van der Waals surface area contributed by atoms with E-state index in [0.717, 1.165) is 17.5 Å². The van der Waals surface area contributed by atoms with Crippen molar-refractivity contribution in [3.8, 4) is 6.07 Å². The fourth-order valence-electron chi connectivity index (χ4n) is 4.65. The lowest BCUT2D eigenvalue weighted by atomic mass is 9.83. The van der Waals surface area contributed by atoms with Crippen molar-refractivity contribution in [3.05, 3.63) is 101 Å². The van der Waals surface area contributed by atoms with Gasteiger partial charge in [-0.25, -0.2) is 0 Å². The molecular formula is C30H32N6O2. The van der Waals surface area contributed by atoms with Crippen LogP contribution in [0.2, 0.25) is 0 Å². The molecule has 2 heterocycles. The van der Waals surface area contributed by atoms with Crippen molar-refractivity contribution in [1.82, 2.24) is 20.1 Å². The largest absolute Gasteiger partial charge is 0.338 e.